The van der Waals surface area contributed by atoms with Crippen LogP contribution in [0, 0.1) is 0 Å². The summed E-state index contributed by atoms with van der Waals surface area (Å²) in [6.45, 7) is 1.97. The summed E-state index contributed by atoms with van der Waals surface area (Å²) in [5, 5.41) is 11.9. The van der Waals surface area contributed by atoms with Gasteiger partial charge in [0.15, 0.2) is 0 Å². The van der Waals surface area contributed by atoms with Crippen molar-refractivity contribution < 1.29 is 14.7 Å². The highest BCUT2D eigenvalue weighted by molar-refractivity contribution is 5.84. The van der Waals surface area contributed by atoms with E-state index < -0.39 is 0 Å². The van der Waals surface area contributed by atoms with Gasteiger partial charge in [-0.25, -0.2) is 0 Å². The predicted molar refractivity (Wildman–Crippen MR) is 72.5 cm³/mol. The Morgan fingerprint density at radius 2 is 1.84 bits per heavy atom. The molecule has 5 nitrogen and oxygen atoms in total. The van der Waals surface area contributed by atoms with Crippen LogP contribution in [0.1, 0.15) is 51.4 Å². The molecule has 0 aromatic carbocycles. The molecule has 0 aromatic heterocycles. The maximum atomic E-state index is 12.1. The lowest BCUT2D eigenvalue weighted by Gasteiger charge is -2.25. The van der Waals surface area contributed by atoms with Gasteiger partial charge in [0.25, 0.3) is 0 Å². The van der Waals surface area contributed by atoms with Gasteiger partial charge in [-0.2, -0.15) is 0 Å². The van der Waals surface area contributed by atoms with Crippen molar-refractivity contribution in [2.75, 3.05) is 19.7 Å². The molecule has 1 N–H and O–H groups in total. The molecule has 1 aliphatic carbocycles. The third-order valence-electron chi connectivity index (χ3n) is 4.05. The van der Waals surface area contributed by atoms with Crippen molar-refractivity contribution in [1.82, 2.24) is 4.90 Å². The molecule has 2 fully saturated rings. The van der Waals surface area contributed by atoms with Gasteiger partial charge in [-0.15, -0.1) is 0 Å². The smallest absolute Gasteiger partial charge is 0.248 e. The molecule has 0 spiro atoms. The van der Waals surface area contributed by atoms with Crippen LogP contribution in [0.15, 0.2) is 5.16 Å². The lowest BCUT2D eigenvalue weighted by Crippen LogP contribution is -2.36. The van der Waals surface area contributed by atoms with Crippen LogP contribution in [0.25, 0.3) is 0 Å². The highest BCUT2D eigenvalue weighted by Gasteiger charge is 2.21. The largest absolute Gasteiger partial charge is 0.411 e. The van der Waals surface area contributed by atoms with Crippen LogP contribution < -0.4 is 0 Å². The van der Waals surface area contributed by atoms with Gasteiger partial charge in [-0.05, 0) is 38.5 Å². The predicted octanol–water partition coefficient (Wildman–Crippen LogP) is 2.18. The number of nitrogens with zero attached hydrogens (tertiary/aromatic N) is 2. The van der Waals surface area contributed by atoms with Gasteiger partial charge in [0.05, 0.1) is 11.8 Å². The van der Waals surface area contributed by atoms with Crippen molar-refractivity contribution in [2.24, 2.45) is 5.16 Å². The van der Waals surface area contributed by atoms with E-state index in [9.17, 15) is 4.79 Å². The summed E-state index contributed by atoms with van der Waals surface area (Å²) in [5.41, 5.74) is 0.846. The van der Waals surface area contributed by atoms with Crippen molar-refractivity contribution in [3.05, 3.63) is 0 Å². The van der Waals surface area contributed by atoms with Crippen LogP contribution in [0.4, 0.5) is 0 Å². The monoisotopic (exact) mass is 268 g/mol. The summed E-state index contributed by atoms with van der Waals surface area (Å²) in [4.78, 5) is 14.0. The van der Waals surface area contributed by atoms with Crippen LogP contribution in [-0.4, -0.2) is 47.5 Å². The summed E-state index contributed by atoms with van der Waals surface area (Å²) < 4.78 is 5.70. The number of likely N-dealkylation sites (tertiary alicyclic amines) is 1. The molecule has 1 amide bonds. The normalized spacial score (nSPS) is 24.9. The number of carbonyl (C=O) groups excluding carboxylic acids is 1. The molecule has 0 bridgehead atoms. The van der Waals surface area contributed by atoms with E-state index in [4.69, 9.17) is 9.94 Å². The first kappa shape index (κ1) is 14.3. The van der Waals surface area contributed by atoms with Crippen molar-refractivity contribution in [1.29, 1.82) is 0 Å². The maximum absolute atomic E-state index is 12.1. The van der Waals surface area contributed by atoms with Crippen LogP contribution in [0.2, 0.25) is 0 Å². The van der Waals surface area contributed by atoms with E-state index in [1.54, 1.807) is 0 Å². The van der Waals surface area contributed by atoms with Crippen molar-refractivity contribution in [3.63, 3.8) is 0 Å². The fraction of sp³-hybridized carbons (Fsp3) is 0.857. The van der Waals surface area contributed by atoms with Gasteiger partial charge in [0.2, 0.25) is 5.91 Å². The first-order valence-corrected chi connectivity index (χ1v) is 7.39. The lowest BCUT2D eigenvalue weighted by molar-refractivity contribution is -0.138. The Morgan fingerprint density at radius 1 is 1.21 bits per heavy atom. The third-order valence-corrected chi connectivity index (χ3v) is 4.05. The average Bonchev–Trinajstić information content (AvgIpc) is 2.74. The van der Waals surface area contributed by atoms with E-state index in [1.807, 2.05) is 4.90 Å². The fourth-order valence-corrected chi connectivity index (χ4v) is 2.79. The minimum atomic E-state index is 0.128. The topological polar surface area (TPSA) is 62.1 Å². The third kappa shape index (κ3) is 4.49. The van der Waals surface area contributed by atoms with E-state index in [-0.39, 0.29) is 18.6 Å². The van der Waals surface area contributed by atoms with E-state index in [2.05, 4.69) is 5.16 Å². The second kappa shape index (κ2) is 7.48. The molecule has 19 heavy (non-hydrogen) atoms. The molecule has 0 radical (unpaired) electrons. The van der Waals surface area contributed by atoms with Crippen molar-refractivity contribution in [3.8, 4) is 0 Å². The van der Waals surface area contributed by atoms with Gasteiger partial charge < -0.3 is 14.8 Å². The van der Waals surface area contributed by atoms with Gasteiger partial charge in [0.1, 0.15) is 6.61 Å². The Balaban J connectivity index is 1.68. The minimum Gasteiger partial charge on any atom is -0.411 e. The number of hydrogen-bond acceptors (Lipinski definition) is 4. The minimum absolute atomic E-state index is 0.128. The molecule has 108 valence electrons. The van der Waals surface area contributed by atoms with Crippen LogP contribution in [0.5, 0.6) is 0 Å². The first-order chi connectivity index (χ1) is 9.29. The number of hydrogen-bond donors (Lipinski definition) is 1. The van der Waals surface area contributed by atoms with Crippen LogP contribution in [-0.2, 0) is 9.53 Å². The molecule has 0 unspecified atom stereocenters. The number of rotatable bonds is 3. The van der Waals surface area contributed by atoms with E-state index >= 15 is 0 Å². The lowest BCUT2D eigenvalue weighted by atomic mass is 9.96. The quantitative estimate of drug-likeness (QED) is 0.630. The van der Waals surface area contributed by atoms with Gasteiger partial charge in [-0.3, -0.25) is 4.79 Å². The molecule has 0 atom stereocenters. The van der Waals surface area contributed by atoms with Crippen molar-refractivity contribution >= 4 is 11.6 Å². The molecule has 1 aliphatic heterocycles. The molecule has 0 aromatic rings. The Hall–Kier alpha value is -1.10. The van der Waals surface area contributed by atoms with Crippen molar-refractivity contribution in [2.45, 2.75) is 57.5 Å². The van der Waals surface area contributed by atoms with Gasteiger partial charge >= 0.3 is 0 Å². The molecule has 2 rings (SSSR count). The van der Waals surface area contributed by atoms with E-state index in [1.165, 1.54) is 12.8 Å². The highest BCUT2D eigenvalue weighted by Crippen LogP contribution is 2.19. The second-order valence-corrected chi connectivity index (χ2v) is 5.47. The summed E-state index contributed by atoms with van der Waals surface area (Å²) >= 11 is 0. The standard InChI is InChI=1S/C14H24N2O3/c17-14(16-9-3-1-2-4-10-16)11-19-13-7-5-12(15-18)6-8-13/h13,18H,1-11H2. The molecular weight excluding hydrogens is 244 g/mol. The maximum Gasteiger partial charge on any atom is 0.248 e. The zero-order valence-electron chi connectivity index (χ0n) is 11.5. The molecular formula is C14H24N2O3. The fourth-order valence-electron chi connectivity index (χ4n) is 2.79. The van der Waals surface area contributed by atoms with E-state index in [0.717, 1.165) is 57.3 Å². The number of oxime groups is 1. The Kier molecular flexibility index (Phi) is 5.63. The highest BCUT2D eigenvalue weighted by atomic mass is 16.5. The van der Waals surface area contributed by atoms with Crippen LogP contribution >= 0.6 is 0 Å². The molecule has 5 heteroatoms. The second-order valence-electron chi connectivity index (χ2n) is 5.47. The Morgan fingerprint density at radius 3 is 2.42 bits per heavy atom. The first-order valence-electron chi connectivity index (χ1n) is 7.39. The molecule has 1 saturated heterocycles. The zero-order valence-corrected chi connectivity index (χ0v) is 11.5. The summed E-state index contributed by atoms with van der Waals surface area (Å²) in [6, 6.07) is 0. The van der Waals surface area contributed by atoms with Gasteiger partial charge in [-0.1, -0.05) is 18.0 Å². The zero-order chi connectivity index (χ0) is 13.5. The number of carbonyl (C=O) groups is 1. The average molecular weight is 268 g/mol. The Labute approximate surface area is 114 Å². The van der Waals surface area contributed by atoms with Crippen LogP contribution in [0.3, 0.4) is 0 Å². The number of ether oxygens (including phenoxy) is 1. The molecule has 1 heterocycles. The Bertz CT molecular complexity index is 313. The van der Waals surface area contributed by atoms with E-state index in [0.29, 0.717) is 0 Å². The van der Waals surface area contributed by atoms with Gasteiger partial charge in [0, 0.05) is 13.1 Å². The SMILES string of the molecule is O=C(COC1CCC(=NO)CC1)N1CCCCCC1. The summed E-state index contributed by atoms with van der Waals surface area (Å²) in [6.07, 6.45) is 8.10. The molecule has 2 aliphatic rings. The summed E-state index contributed by atoms with van der Waals surface area (Å²) in [5.74, 6) is 0.128. The molecule has 1 saturated carbocycles. The summed E-state index contributed by atoms with van der Waals surface area (Å²) in [7, 11) is 0. The number of amides is 1.